The van der Waals surface area contributed by atoms with E-state index in [0.29, 0.717) is 17.0 Å². The molecule has 0 aliphatic carbocycles. The molecule has 0 saturated carbocycles. The number of para-hydroxylation sites is 1. The molecule has 31 heavy (non-hydrogen) atoms. The van der Waals surface area contributed by atoms with Crippen LogP contribution in [-0.4, -0.2) is 41.2 Å². The van der Waals surface area contributed by atoms with Gasteiger partial charge in [-0.1, -0.05) is 18.2 Å². The van der Waals surface area contributed by atoms with Gasteiger partial charge in [0, 0.05) is 18.4 Å². The zero-order valence-electron chi connectivity index (χ0n) is 17.3. The number of rotatable bonds is 9. The van der Waals surface area contributed by atoms with Crippen LogP contribution in [0.5, 0.6) is 5.75 Å². The number of carbonyl (C=O) groups excluding carboxylic acids is 3. The highest BCUT2D eigenvalue weighted by molar-refractivity contribution is 6.03. The van der Waals surface area contributed by atoms with E-state index < -0.39 is 11.9 Å². The first-order valence-electron chi connectivity index (χ1n) is 9.81. The number of amides is 1. The van der Waals surface area contributed by atoms with E-state index in [1.54, 1.807) is 50.4 Å². The molecule has 1 heterocycles. The van der Waals surface area contributed by atoms with Crippen molar-refractivity contribution in [2.24, 2.45) is 0 Å². The molecule has 1 aromatic heterocycles. The summed E-state index contributed by atoms with van der Waals surface area (Å²) in [6.45, 7) is 1.89. The molecule has 0 radical (unpaired) electrons. The van der Waals surface area contributed by atoms with E-state index in [1.807, 2.05) is 18.2 Å². The summed E-state index contributed by atoms with van der Waals surface area (Å²) in [6.07, 6.45) is 1.32. The van der Waals surface area contributed by atoms with Crippen LogP contribution in [0.1, 0.15) is 40.5 Å². The summed E-state index contributed by atoms with van der Waals surface area (Å²) >= 11 is 0. The molecule has 0 fully saturated rings. The smallest absolute Gasteiger partial charge is 0.343 e. The molecule has 8 heteroatoms. The van der Waals surface area contributed by atoms with Crippen LogP contribution >= 0.6 is 0 Å². The van der Waals surface area contributed by atoms with Gasteiger partial charge in [-0.3, -0.25) is 9.59 Å². The second kappa shape index (κ2) is 10.2. The van der Waals surface area contributed by atoms with Crippen LogP contribution < -0.4 is 10.1 Å². The average Bonchev–Trinajstić information content (AvgIpc) is 3.21. The Labute approximate surface area is 179 Å². The second-order valence-electron chi connectivity index (χ2n) is 6.57. The number of anilines is 1. The van der Waals surface area contributed by atoms with Crippen LogP contribution in [0.25, 0.3) is 5.69 Å². The van der Waals surface area contributed by atoms with Crippen LogP contribution in [0.4, 0.5) is 5.82 Å². The summed E-state index contributed by atoms with van der Waals surface area (Å²) < 4.78 is 11.6. The van der Waals surface area contributed by atoms with Gasteiger partial charge in [-0.25, -0.2) is 9.48 Å². The zero-order valence-corrected chi connectivity index (χ0v) is 17.3. The Balaban J connectivity index is 1.73. The number of hydrogen-bond acceptors (Lipinski definition) is 6. The molecule has 0 aliphatic heterocycles. The van der Waals surface area contributed by atoms with Crippen LogP contribution in [0, 0.1) is 0 Å². The molecule has 0 aliphatic rings. The normalized spacial score (nSPS) is 10.4. The quantitative estimate of drug-likeness (QED) is 0.418. The lowest BCUT2D eigenvalue weighted by molar-refractivity contribution is -0.116. The third-order valence-electron chi connectivity index (χ3n) is 4.51. The zero-order chi connectivity index (χ0) is 22.2. The van der Waals surface area contributed by atoms with Crippen molar-refractivity contribution in [1.82, 2.24) is 9.78 Å². The van der Waals surface area contributed by atoms with E-state index >= 15 is 0 Å². The highest BCUT2D eigenvalue weighted by atomic mass is 16.5. The number of aromatic nitrogens is 2. The molecule has 0 spiro atoms. The van der Waals surface area contributed by atoms with Crippen molar-refractivity contribution in [3.8, 4) is 11.4 Å². The molecule has 0 bridgehead atoms. The number of methoxy groups -OCH3 is 1. The standard InChI is InChI=1S/C23H23N3O5/c1-3-31-23(29)19-15-24-26(17-7-5-4-6-8-17)22(19)25-21(28)14-13-20(27)16-9-11-18(30-2)12-10-16/h4-12,15H,3,13-14H2,1-2H3,(H,25,28). The largest absolute Gasteiger partial charge is 0.497 e. The van der Waals surface area contributed by atoms with Gasteiger partial charge in [-0.15, -0.1) is 0 Å². The number of nitrogens with one attached hydrogen (secondary N) is 1. The summed E-state index contributed by atoms with van der Waals surface area (Å²) in [4.78, 5) is 37.3. The molecule has 1 N–H and O–H groups in total. The number of Topliss-reactive ketones (excluding diaryl/α,β-unsaturated/α-hetero) is 1. The highest BCUT2D eigenvalue weighted by Crippen LogP contribution is 2.22. The molecule has 0 atom stereocenters. The summed E-state index contributed by atoms with van der Waals surface area (Å²) in [7, 11) is 1.55. The van der Waals surface area contributed by atoms with Gasteiger partial charge in [-0.05, 0) is 43.3 Å². The van der Waals surface area contributed by atoms with Crippen molar-refractivity contribution in [2.75, 3.05) is 19.0 Å². The number of ketones is 1. The first kappa shape index (κ1) is 21.8. The highest BCUT2D eigenvalue weighted by Gasteiger charge is 2.22. The minimum absolute atomic E-state index is 0.0202. The lowest BCUT2D eigenvalue weighted by Crippen LogP contribution is -2.18. The Morgan fingerprint density at radius 2 is 1.71 bits per heavy atom. The number of esters is 1. The summed E-state index contributed by atoms with van der Waals surface area (Å²) in [5, 5.41) is 6.93. The maximum Gasteiger partial charge on any atom is 0.343 e. The third-order valence-corrected chi connectivity index (χ3v) is 4.51. The van der Waals surface area contributed by atoms with Crippen molar-refractivity contribution >= 4 is 23.5 Å². The molecular weight excluding hydrogens is 398 g/mol. The van der Waals surface area contributed by atoms with Crippen LogP contribution in [-0.2, 0) is 9.53 Å². The van der Waals surface area contributed by atoms with E-state index in [4.69, 9.17) is 9.47 Å². The van der Waals surface area contributed by atoms with Gasteiger partial charge in [-0.2, -0.15) is 5.10 Å². The molecule has 3 aromatic rings. The van der Waals surface area contributed by atoms with Crippen LogP contribution in [0.3, 0.4) is 0 Å². The van der Waals surface area contributed by atoms with Gasteiger partial charge in [0.05, 0.1) is 25.6 Å². The van der Waals surface area contributed by atoms with Crippen molar-refractivity contribution in [2.45, 2.75) is 19.8 Å². The topological polar surface area (TPSA) is 99.5 Å². The van der Waals surface area contributed by atoms with Crippen LogP contribution in [0.15, 0.2) is 60.8 Å². The Bertz CT molecular complexity index is 1060. The van der Waals surface area contributed by atoms with Gasteiger partial charge < -0.3 is 14.8 Å². The first-order valence-corrected chi connectivity index (χ1v) is 9.81. The lowest BCUT2D eigenvalue weighted by Gasteiger charge is -2.11. The van der Waals surface area contributed by atoms with E-state index in [-0.39, 0.29) is 36.6 Å². The minimum atomic E-state index is -0.589. The fraction of sp³-hybridized carbons (Fsp3) is 0.217. The van der Waals surface area contributed by atoms with E-state index in [1.165, 1.54) is 10.9 Å². The number of nitrogens with zero attached hydrogens (tertiary/aromatic N) is 2. The predicted molar refractivity (Wildman–Crippen MR) is 115 cm³/mol. The van der Waals surface area contributed by atoms with Crippen molar-refractivity contribution in [3.63, 3.8) is 0 Å². The fourth-order valence-corrected chi connectivity index (χ4v) is 2.93. The average molecular weight is 421 g/mol. The summed E-state index contributed by atoms with van der Waals surface area (Å²) in [6, 6.07) is 15.8. The Morgan fingerprint density at radius 1 is 1.00 bits per heavy atom. The van der Waals surface area contributed by atoms with Gasteiger partial charge in [0.1, 0.15) is 11.3 Å². The summed E-state index contributed by atoms with van der Waals surface area (Å²) in [5.41, 5.74) is 1.30. The van der Waals surface area contributed by atoms with E-state index in [2.05, 4.69) is 10.4 Å². The Morgan fingerprint density at radius 3 is 2.35 bits per heavy atom. The maximum atomic E-state index is 12.6. The van der Waals surface area contributed by atoms with E-state index in [9.17, 15) is 14.4 Å². The monoisotopic (exact) mass is 421 g/mol. The predicted octanol–water partition coefficient (Wildman–Crippen LogP) is 3.66. The van der Waals surface area contributed by atoms with Gasteiger partial charge in [0.25, 0.3) is 0 Å². The van der Waals surface area contributed by atoms with Crippen molar-refractivity contribution in [1.29, 1.82) is 0 Å². The third kappa shape index (κ3) is 5.36. The molecule has 2 aromatic carbocycles. The van der Waals surface area contributed by atoms with Gasteiger partial charge in [0.2, 0.25) is 5.91 Å². The molecule has 0 unspecified atom stereocenters. The molecule has 0 saturated heterocycles. The molecular formula is C23H23N3O5. The molecule has 1 amide bonds. The number of carbonyl (C=O) groups is 3. The minimum Gasteiger partial charge on any atom is -0.497 e. The maximum absolute atomic E-state index is 12.6. The van der Waals surface area contributed by atoms with Gasteiger partial charge >= 0.3 is 5.97 Å². The number of ether oxygens (including phenoxy) is 2. The SMILES string of the molecule is CCOC(=O)c1cnn(-c2ccccc2)c1NC(=O)CCC(=O)c1ccc(OC)cc1. The Hall–Kier alpha value is -3.94. The second-order valence-corrected chi connectivity index (χ2v) is 6.57. The molecule has 8 nitrogen and oxygen atoms in total. The Kier molecular flexibility index (Phi) is 7.16. The first-order chi connectivity index (χ1) is 15.0. The van der Waals surface area contributed by atoms with E-state index in [0.717, 1.165) is 0 Å². The fourth-order valence-electron chi connectivity index (χ4n) is 2.93. The molecule has 160 valence electrons. The van der Waals surface area contributed by atoms with Gasteiger partial charge in [0.15, 0.2) is 11.6 Å². The van der Waals surface area contributed by atoms with Crippen molar-refractivity contribution in [3.05, 3.63) is 71.9 Å². The number of benzene rings is 2. The van der Waals surface area contributed by atoms with Crippen molar-refractivity contribution < 1.29 is 23.9 Å². The summed E-state index contributed by atoms with van der Waals surface area (Å²) in [5.74, 6) is -0.319. The molecule has 3 rings (SSSR count). The number of hydrogen-bond donors (Lipinski definition) is 1. The van der Waals surface area contributed by atoms with Crippen LogP contribution in [0.2, 0.25) is 0 Å². The lowest BCUT2D eigenvalue weighted by atomic mass is 10.1.